The quantitative estimate of drug-likeness (QED) is 0.676. The second-order valence-electron chi connectivity index (χ2n) is 4.35. The van der Waals surface area contributed by atoms with Gasteiger partial charge in [-0.05, 0) is 19.8 Å². The first-order chi connectivity index (χ1) is 7.54. The highest BCUT2D eigenvalue weighted by Gasteiger charge is 2.23. The first kappa shape index (κ1) is 13.0. The summed E-state index contributed by atoms with van der Waals surface area (Å²) in [7, 11) is 3.40. The van der Waals surface area contributed by atoms with Crippen molar-refractivity contribution in [3.05, 3.63) is 0 Å². The third-order valence-corrected chi connectivity index (χ3v) is 2.68. The molecule has 1 rings (SSSR count). The maximum Gasteiger partial charge on any atom is 0.241 e. The SMILES string of the molecule is CCN(CC(=O)N(C)C)C(=O)CNC1CC1. The van der Waals surface area contributed by atoms with Crippen molar-refractivity contribution in [3.8, 4) is 0 Å². The Kier molecular flexibility index (Phi) is 4.73. The normalized spacial score (nSPS) is 14.7. The topological polar surface area (TPSA) is 52.7 Å². The summed E-state index contributed by atoms with van der Waals surface area (Å²) in [6, 6.07) is 0.521. The number of hydrogen-bond donors (Lipinski definition) is 1. The van der Waals surface area contributed by atoms with Gasteiger partial charge in [-0.15, -0.1) is 0 Å². The highest BCUT2D eigenvalue weighted by molar-refractivity contribution is 5.85. The number of hydrogen-bond acceptors (Lipinski definition) is 3. The predicted molar refractivity (Wildman–Crippen MR) is 62.0 cm³/mol. The molecule has 5 nitrogen and oxygen atoms in total. The molecule has 1 fully saturated rings. The summed E-state index contributed by atoms with van der Waals surface area (Å²) >= 11 is 0. The number of likely N-dealkylation sites (N-methyl/N-ethyl adjacent to an activating group) is 2. The van der Waals surface area contributed by atoms with Gasteiger partial charge < -0.3 is 15.1 Å². The first-order valence-electron chi connectivity index (χ1n) is 5.76. The van der Waals surface area contributed by atoms with Gasteiger partial charge in [0.25, 0.3) is 0 Å². The van der Waals surface area contributed by atoms with Crippen LogP contribution < -0.4 is 5.32 Å². The molecule has 0 aromatic carbocycles. The van der Waals surface area contributed by atoms with E-state index in [9.17, 15) is 9.59 Å². The van der Waals surface area contributed by atoms with Crippen LogP contribution in [-0.2, 0) is 9.59 Å². The molecule has 2 amide bonds. The van der Waals surface area contributed by atoms with Gasteiger partial charge in [0.05, 0.1) is 13.1 Å². The monoisotopic (exact) mass is 227 g/mol. The zero-order valence-corrected chi connectivity index (χ0v) is 10.3. The Hall–Kier alpha value is -1.10. The van der Waals surface area contributed by atoms with Gasteiger partial charge in [-0.1, -0.05) is 0 Å². The fraction of sp³-hybridized carbons (Fsp3) is 0.818. The second-order valence-corrected chi connectivity index (χ2v) is 4.35. The minimum Gasteiger partial charge on any atom is -0.347 e. The molecule has 5 heteroatoms. The van der Waals surface area contributed by atoms with Crippen molar-refractivity contribution in [3.63, 3.8) is 0 Å². The molecule has 1 aliphatic rings. The summed E-state index contributed by atoms with van der Waals surface area (Å²) in [4.78, 5) is 26.3. The average molecular weight is 227 g/mol. The molecule has 0 atom stereocenters. The zero-order chi connectivity index (χ0) is 12.1. The molecule has 0 aromatic rings. The Balaban J connectivity index is 2.32. The van der Waals surface area contributed by atoms with Crippen LogP contribution in [0.15, 0.2) is 0 Å². The molecule has 0 aliphatic heterocycles. The molecule has 16 heavy (non-hydrogen) atoms. The highest BCUT2D eigenvalue weighted by atomic mass is 16.2. The van der Waals surface area contributed by atoms with Crippen LogP contribution >= 0.6 is 0 Å². The Morgan fingerprint density at radius 3 is 2.31 bits per heavy atom. The molecule has 0 bridgehead atoms. The zero-order valence-electron chi connectivity index (χ0n) is 10.3. The molecular weight excluding hydrogens is 206 g/mol. The molecule has 0 aromatic heterocycles. The number of carbonyl (C=O) groups excluding carboxylic acids is 2. The highest BCUT2D eigenvalue weighted by Crippen LogP contribution is 2.18. The van der Waals surface area contributed by atoms with Crippen molar-refractivity contribution in [2.45, 2.75) is 25.8 Å². The van der Waals surface area contributed by atoms with Crippen molar-refractivity contribution < 1.29 is 9.59 Å². The van der Waals surface area contributed by atoms with Gasteiger partial charge in [-0.3, -0.25) is 9.59 Å². The summed E-state index contributed by atoms with van der Waals surface area (Å²) in [5, 5.41) is 3.16. The third-order valence-electron chi connectivity index (χ3n) is 2.68. The van der Waals surface area contributed by atoms with Gasteiger partial charge in [0.1, 0.15) is 0 Å². The summed E-state index contributed by atoms with van der Waals surface area (Å²) in [6.07, 6.45) is 2.33. The van der Waals surface area contributed by atoms with Crippen LogP contribution in [0.1, 0.15) is 19.8 Å². The van der Waals surface area contributed by atoms with Crippen molar-refractivity contribution in [2.75, 3.05) is 33.7 Å². The average Bonchev–Trinajstić information content (AvgIpc) is 3.05. The number of rotatable bonds is 6. The fourth-order valence-corrected chi connectivity index (χ4v) is 1.31. The van der Waals surface area contributed by atoms with Crippen LogP contribution in [0, 0.1) is 0 Å². The van der Waals surface area contributed by atoms with E-state index in [4.69, 9.17) is 0 Å². The summed E-state index contributed by atoms with van der Waals surface area (Å²) in [5.74, 6) is -0.0359. The van der Waals surface area contributed by atoms with Gasteiger partial charge in [0, 0.05) is 26.7 Å². The van der Waals surface area contributed by atoms with Crippen LogP contribution in [0.25, 0.3) is 0 Å². The Morgan fingerprint density at radius 2 is 1.88 bits per heavy atom. The lowest BCUT2D eigenvalue weighted by Gasteiger charge is -2.22. The standard InChI is InChI=1S/C11H21N3O2/c1-4-14(8-11(16)13(2)3)10(15)7-12-9-5-6-9/h9,12H,4-8H2,1-3H3. The van der Waals surface area contributed by atoms with Crippen molar-refractivity contribution >= 4 is 11.8 Å². The van der Waals surface area contributed by atoms with Crippen LogP contribution in [0.2, 0.25) is 0 Å². The molecular formula is C11H21N3O2. The van der Waals surface area contributed by atoms with Crippen LogP contribution in [0.3, 0.4) is 0 Å². The van der Waals surface area contributed by atoms with E-state index in [0.29, 0.717) is 19.1 Å². The minimum atomic E-state index is -0.0402. The van der Waals surface area contributed by atoms with Crippen molar-refractivity contribution in [1.82, 2.24) is 15.1 Å². The third kappa shape index (κ3) is 4.18. The maximum absolute atomic E-state index is 11.8. The molecule has 0 radical (unpaired) electrons. The minimum absolute atomic E-state index is 0.00426. The lowest BCUT2D eigenvalue weighted by atomic mass is 10.4. The molecule has 0 saturated heterocycles. The van der Waals surface area contributed by atoms with Crippen LogP contribution in [-0.4, -0.2) is 61.4 Å². The first-order valence-corrected chi connectivity index (χ1v) is 5.76. The van der Waals surface area contributed by atoms with E-state index in [0.717, 1.165) is 12.8 Å². The van der Waals surface area contributed by atoms with E-state index < -0.39 is 0 Å². The van der Waals surface area contributed by atoms with E-state index in [1.165, 1.54) is 4.90 Å². The Labute approximate surface area is 96.8 Å². The van der Waals surface area contributed by atoms with E-state index in [1.54, 1.807) is 19.0 Å². The van der Waals surface area contributed by atoms with Crippen molar-refractivity contribution in [2.24, 2.45) is 0 Å². The van der Waals surface area contributed by atoms with E-state index in [2.05, 4.69) is 5.32 Å². The number of nitrogens with one attached hydrogen (secondary N) is 1. The molecule has 1 N–H and O–H groups in total. The van der Waals surface area contributed by atoms with E-state index in [-0.39, 0.29) is 18.4 Å². The Morgan fingerprint density at radius 1 is 1.25 bits per heavy atom. The van der Waals surface area contributed by atoms with Crippen LogP contribution in [0.4, 0.5) is 0 Å². The van der Waals surface area contributed by atoms with Crippen LogP contribution in [0.5, 0.6) is 0 Å². The van der Waals surface area contributed by atoms with Gasteiger partial charge in [0.15, 0.2) is 0 Å². The maximum atomic E-state index is 11.8. The van der Waals surface area contributed by atoms with Gasteiger partial charge in [0.2, 0.25) is 11.8 Å². The number of nitrogens with zero attached hydrogens (tertiary/aromatic N) is 2. The number of amides is 2. The smallest absolute Gasteiger partial charge is 0.241 e. The molecule has 1 aliphatic carbocycles. The largest absolute Gasteiger partial charge is 0.347 e. The fourth-order valence-electron chi connectivity index (χ4n) is 1.31. The van der Waals surface area contributed by atoms with Crippen molar-refractivity contribution in [1.29, 1.82) is 0 Å². The molecule has 1 saturated carbocycles. The second kappa shape index (κ2) is 5.84. The van der Waals surface area contributed by atoms with E-state index in [1.807, 2.05) is 6.92 Å². The summed E-state index contributed by atoms with van der Waals surface area (Å²) in [5.41, 5.74) is 0. The number of carbonyl (C=O) groups is 2. The van der Waals surface area contributed by atoms with Gasteiger partial charge in [-0.2, -0.15) is 0 Å². The Bertz CT molecular complexity index is 262. The molecule has 92 valence electrons. The predicted octanol–water partition coefficient (Wildman–Crippen LogP) is -0.325. The van der Waals surface area contributed by atoms with Gasteiger partial charge >= 0.3 is 0 Å². The summed E-state index contributed by atoms with van der Waals surface area (Å²) in [6.45, 7) is 2.98. The lowest BCUT2D eigenvalue weighted by Crippen LogP contribution is -2.44. The van der Waals surface area contributed by atoms with Gasteiger partial charge in [-0.25, -0.2) is 0 Å². The lowest BCUT2D eigenvalue weighted by molar-refractivity contribution is -0.138. The van der Waals surface area contributed by atoms with E-state index >= 15 is 0 Å². The molecule has 0 heterocycles. The molecule has 0 unspecified atom stereocenters. The molecule has 0 spiro atoms. The summed E-state index contributed by atoms with van der Waals surface area (Å²) < 4.78 is 0.